The third-order valence-corrected chi connectivity index (χ3v) is 2.77. The van der Waals surface area contributed by atoms with Gasteiger partial charge in [-0.3, -0.25) is 10.1 Å². The molecule has 0 amide bonds. The van der Waals surface area contributed by atoms with E-state index in [9.17, 15) is 14.5 Å². The second-order valence-corrected chi connectivity index (χ2v) is 4.36. The molecular formula is C12H15FN2O3. The number of benzene rings is 1. The number of hydrogen-bond acceptors (Lipinski definition) is 4. The van der Waals surface area contributed by atoms with Crippen LogP contribution in [0.2, 0.25) is 0 Å². The lowest BCUT2D eigenvalue weighted by molar-refractivity contribution is -0.384. The van der Waals surface area contributed by atoms with Crippen molar-refractivity contribution in [1.82, 2.24) is 0 Å². The molecule has 18 heavy (non-hydrogen) atoms. The average Bonchev–Trinajstić information content (AvgIpc) is 3.12. The van der Waals surface area contributed by atoms with Crippen LogP contribution in [0.1, 0.15) is 12.8 Å². The number of nitro benzene ring substituents is 1. The van der Waals surface area contributed by atoms with Crippen molar-refractivity contribution in [1.29, 1.82) is 0 Å². The van der Waals surface area contributed by atoms with Gasteiger partial charge in [0.1, 0.15) is 11.5 Å². The number of hydrogen-bond donors (Lipinski definition) is 1. The van der Waals surface area contributed by atoms with Gasteiger partial charge in [-0.1, -0.05) is 0 Å². The molecule has 1 aromatic rings. The second kappa shape index (κ2) is 5.77. The van der Waals surface area contributed by atoms with Crippen molar-refractivity contribution in [3.63, 3.8) is 0 Å². The third-order valence-electron chi connectivity index (χ3n) is 2.77. The predicted molar refractivity (Wildman–Crippen MR) is 65.1 cm³/mol. The zero-order chi connectivity index (χ0) is 13.0. The first-order valence-corrected chi connectivity index (χ1v) is 5.92. The Morgan fingerprint density at radius 1 is 1.50 bits per heavy atom. The van der Waals surface area contributed by atoms with Crippen LogP contribution in [0.4, 0.5) is 15.8 Å². The molecule has 98 valence electrons. The van der Waals surface area contributed by atoms with Gasteiger partial charge in [-0.05, 0) is 24.8 Å². The Morgan fingerprint density at radius 3 is 2.94 bits per heavy atom. The molecule has 0 unspecified atom stereocenters. The predicted octanol–water partition coefficient (Wildman–Crippen LogP) is 2.57. The molecule has 0 atom stereocenters. The first-order chi connectivity index (χ1) is 8.66. The summed E-state index contributed by atoms with van der Waals surface area (Å²) in [6.07, 6.45) is 2.45. The van der Waals surface area contributed by atoms with Gasteiger partial charge in [-0.2, -0.15) is 0 Å². The molecule has 0 saturated heterocycles. The number of ether oxygens (including phenoxy) is 1. The van der Waals surface area contributed by atoms with Crippen LogP contribution in [0.3, 0.4) is 0 Å². The van der Waals surface area contributed by atoms with E-state index in [0.717, 1.165) is 24.8 Å². The average molecular weight is 254 g/mol. The van der Waals surface area contributed by atoms with Crippen molar-refractivity contribution in [2.24, 2.45) is 5.92 Å². The van der Waals surface area contributed by atoms with Crippen LogP contribution in [0.15, 0.2) is 18.2 Å². The van der Waals surface area contributed by atoms with E-state index in [1.165, 1.54) is 12.8 Å². The SMILES string of the molecule is O=[N+]([O-])c1ccc(F)cc1NCCOCC1CC1. The second-order valence-electron chi connectivity index (χ2n) is 4.36. The zero-order valence-corrected chi connectivity index (χ0v) is 9.89. The topological polar surface area (TPSA) is 64.4 Å². The van der Waals surface area contributed by atoms with Gasteiger partial charge in [0.05, 0.1) is 11.5 Å². The van der Waals surface area contributed by atoms with E-state index in [4.69, 9.17) is 4.74 Å². The molecular weight excluding hydrogens is 239 g/mol. The van der Waals surface area contributed by atoms with E-state index in [-0.39, 0.29) is 11.4 Å². The summed E-state index contributed by atoms with van der Waals surface area (Å²) in [6, 6.07) is 3.36. The maximum absolute atomic E-state index is 13.0. The van der Waals surface area contributed by atoms with E-state index in [2.05, 4.69) is 5.32 Å². The maximum Gasteiger partial charge on any atom is 0.292 e. The van der Waals surface area contributed by atoms with Gasteiger partial charge in [-0.25, -0.2) is 4.39 Å². The van der Waals surface area contributed by atoms with Crippen molar-refractivity contribution in [3.05, 3.63) is 34.1 Å². The lowest BCUT2D eigenvalue weighted by Gasteiger charge is -2.07. The molecule has 5 nitrogen and oxygen atoms in total. The summed E-state index contributed by atoms with van der Waals surface area (Å²) in [7, 11) is 0. The van der Waals surface area contributed by atoms with Crippen LogP contribution in [0.5, 0.6) is 0 Å². The van der Waals surface area contributed by atoms with E-state index < -0.39 is 10.7 Å². The molecule has 0 aliphatic heterocycles. The number of anilines is 1. The summed E-state index contributed by atoms with van der Waals surface area (Å²) in [4.78, 5) is 10.2. The Kier molecular flexibility index (Phi) is 4.09. The molecule has 1 fully saturated rings. The van der Waals surface area contributed by atoms with Gasteiger partial charge >= 0.3 is 0 Å². The molecule has 1 aromatic carbocycles. The monoisotopic (exact) mass is 254 g/mol. The quantitative estimate of drug-likeness (QED) is 0.461. The van der Waals surface area contributed by atoms with Gasteiger partial charge in [0, 0.05) is 25.3 Å². The van der Waals surface area contributed by atoms with E-state index in [1.807, 2.05) is 0 Å². The minimum atomic E-state index is -0.535. The Hall–Kier alpha value is -1.69. The summed E-state index contributed by atoms with van der Waals surface area (Å²) in [6.45, 7) is 1.63. The maximum atomic E-state index is 13.0. The summed E-state index contributed by atoms with van der Waals surface area (Å²) in [5.41, 5.74) is 0.0635. The molecule has 6 heteroatoms. The van der Waals surface area contributed by atoms with Crippen molar-refractivity contribution in [3.8, 4) is 0 Å². The standard InChI is InChI=1S/C12H15FN2O3/c13-10-3-4-12(15(16)17)11(7-10)14-5-6-18-8-9-1-2-9/h3-4,7,9,14H,1-2,5-6,8H2. The highest BCUT2D eigenvalue weighted by Gasteiger charge is 2.21. The van der Waals surface area contributed by atoms with Crippen LogP contribution in [-0.4, -0.2) is 24.7 Å². The van der Waals surface area contributed by atoms with Crippen LogP contribution in [0.25, 0.3) is 0 Å². The van der Waals surface area contributed by atoms with Gasteiger partial charge in [0.2, 0.25) is 0 Å². The van der Waals surface area contributed by atoms with Gasteiger partial charge < -0.3 is 10.1 Å². The molecule has 1 aliphatic rings. The van der Waals surface area contributed by atoms with Crippen molar-refractivity contribution < 1.29 is 14.1 Å². The molecule has 1 saturated carbocycles. The third kappa shape index (κ3) is 3.66. The van der Waals surface area contributed by atoms with Crippen molar-refractivity contribution >= 4 is 11.4 Å². The molecule has 0 bridgehead atoms. The zero-order valence-electron chi connectivity index (χ0n) is 9.89. The van der Waals surface area contributed by atoms with Crippen LogP contribution >= 0.6 is 0 Å². The van der Waals surface area contributed by atoms with Crippen LogP contribution in [-0.2, 0) is 4.74 Å². The molecule has 0 spiro atoms. The van der Waals surface area contributed by atoms with Gasteiger partial charge in [0.25, 0.3) is 5.69 Å². The molecule has 0 aromatic heterocycles. The lowest BCUT2D eigenvalue weighted by atomic mass is 10.2. The highest BCUT2D eigenvalue weighted by molar-refractivity contribution is 5.61. The van der Waals surface area contributed by atoms with Crippen molar-refractivity contribution in [2.45, 2.75) is 12.8 Å². The number of nitro groups is 1. The Balaban J connectivity index is 1.82. The Bertz CT molecular complexity index is 435. The van der Waals surface area contributed by atoms with Gasteiger partial charge in [0.15, 0.2) is 0 Å². The van der Waals surface area contributed by atoms with E-state index in [1.54, 1.807) is 0 Å². The smallest absolute Gasteiger partial charge is 0.292 e. The van der Waals surface area contributed by atoms with Crippen LogP contribution < -0.4 is 5.32 Å². The lowest BCUT2D eigenvalue weighted by Crippen LogP contribution is -2.11. The molecule has 2 rings (SSSR count). The summed E-state index contributed by atoms with van der Waals surface area (Å²) in [5.74, 6) is 0.190. The first kappa shape index (κ1) is 12.8. The highest BCUT2D eigenvalue weighted by Crippen LogP contribution is 2.28. The minimum Gasteiger partial charge on any atom is -0.379 e. The fourth-order valence-corrected chi connectivity index (χ4v) is 1.60. The van der Waals surface area contributed by atoms with E-state index >= 15 is 0 Å². The summed E-state index contributed by atoms with van der Waals surface area (Å²) >= 11 is 0. The van der Waals surface area contributed by atoms with Crippen LogP contribution in [0, 0.1) is 21.8 Å². The Labute approximate surface area is 104 Å². The first-order valence-electron chi connectivity index (χ1n) is 5.92. The molecule has 0 radical (unpaired) electrons. The minimum absolute atomic E-state index is 0.126. The number of rotatable bonds is 7. The van der Waals surface area contributed by atoms with E-state index in [0.29, 0.717) is 19.1 Å². The highest BCUT2D eigenvalue weighted by atomic mass is 19.1. The molecule has 0 heterocycles. The van der Waals surface area contributed by atoms with Gasteiger partial charge in [-0.15, -0.1) is 0 Å². The summed E-state index contributed by atoms with van der Waals surface area (Å²) in [5, 5.41) is 13.6. The number of nitrogens with zero attached hydrogens (tertiary/aromatic N) is 1. The molecule has 1 N–H and O–H groups in total. The Morgan fingerprint density at radius 2 is 2.28 bits per heavy atom. The van der Waals surface area contributed by atoms with Crippen molar-refractivity contribution in [2.75, 3.05) is 25.1 Å². The number of halogens is 1. The largest absolute Gasteiger partial charge is 0.379 e. The molecule has 1 aliphatic carbocycles. The summed E-state index contributed by atoms with van der Waals surface area (Å²) < 4.78 is 18.4. The normalized spacial score (nSPS) is 14.5. The fraction of sp³-hybridized carbons (Fsp3) is 0.500. The number of nitrogens with one attached hydrogen (secondary N) is 1. The fourth-order valence-electron chi connectivity index (χ4n) is 1.60.